The Bertz CT molecular complexity index is 222. The maximum atomic E-state index is 9.29. The summed E-state index contributed by atoms with van der Waals surface area (Å²) >= 11 is 2.22. The zero-order chi connectivity index (χ0) is 8.27. The summed E-state index contributed by atoms with van der Waals surface area (Å²) in [6, 6.07) is 7.68. The van der Waals surface area contributed by atoms with E-state index in [9.17, 15) is 5.11 Å². The molecule has 0 radical (unpaired) electrons. The van der Waals surface area contributed by atoms with Crippen molar-refractivity contribution in [2.75, 3.05) is 6.54 Å². The molecule has 60 valence electrons. The second-order valence-electron chi connectivity index (χ2n) is 2.30. The van der Waals surface area contributed by atoms with Gasteiger partial charge in [-0.05, 0) is 40.3 Å². The number of hydrogen-bond donors (Lipinski definition) is 2. The molecule has 0 fully saturated rings. The molecule has 0 saturated carbocycles. The minimum Gasteiger partial charge on any atom is -0.387 e. The van der Waals surface area contributed by atoms with Crippen LogP contribution in [0.5, 0.6) is 0 Å². The van der Waals surface area contributed by atoms with Crippen molar-refractivity contribution in [3.8, 4) is 0 Å². The maximum absolute atomic E-state index is 9.29. The first-order chi connectivity index (χ1) is 5.24. The molecule has 0 spiro atoms. The molecule has 0 amide bonds. The van der Waals surface area contributed by atoms with Crippen molar-refractivity contribution in [2.24, 2.45) is 5.73 Å². The van der Waals surface area contributed by atoms with Gasteiger partial charge in [-0.15, -0.1) is 0 Å². The van der Waals surface area contributed by atoms with Gasteiger partial charge in [0.15, 0.2) is 0 Å². The molecule has 1 rings (SSSR count). The quantitative estimate of drug-likeness (QED) is 0.789. The van der Waals surface area contributed by atoms with Gasteiger partial charge < -0.3 is 10.8 Å². The molecule has 1 atom stereocenters. The molecule has 0 saturated heterocycles. The molecular formula is C8H10INO. The first kappa shape index (κ1) is 8.96. The Morgan fingerprint density at radius 3 is 2.36 bits per heavy atom. The van der Waals surface area contributed by atoms with Gasteiger partial charge in [-0.25, -0.2) is 0 Å². The van der Waals surface area contributed by atoms with Gasteiger partial charge in [0.05, 0.1) is 6.10 Å². The number of rotatable bonds is 2. The Hall–Kier alpha value is -0.130. The second kappa shape index (κ2) is 4.04. The van der Waals surface area contributed by atoms with Crippen LogP contribution in [0.25, 0.3) is 0 Å². The second-order valence-corrected chi connectivity index (χ2v) is 3.55. The van der Waals surface area contributed by atoms with E-state index in [1.54, 1.807) is 0 Å². The van der Waals surface area contributed by atoms with Gasteiger partial charge in [-0.3, -0.25) is 0 Å². The van der Waals surface area contributed by atoms with E-state index in [1.807, 2.05) is 24.3 Å². The molecule has 0 aliphatic heterocycles. The third-order valence-corrected chi connectivity index (χ3v) is 2.20. The van der Waals surface area contributed by atoms with Crippen LogP contribution >= 0.6 is 22.6 Å². The average molecular weight is 263 g/mol. The molecule has 0 unspecified atom stereocenters. The molecule has 0 aliphatic rings. The summed E-state index contributed by atoms with van der Waals surface area (Å²) in [6.45, 7) is 0.278. The lowest BCUT2D eigenvalue weighted by molar-refractivity contribution is 0.186. The maximum Gasteiger partial charge on any atom is 0.0912 e. The van der Waals surface area contributed by atoms with Gasteiger partial charge in [0.2, 0.25) is 0 Å². The predicted octanol–water partition coefficient (Wildman–Crippen LogP) is 1.28. The monoisotopic (exact) mass is 263 g/mol. The molecule has 0 bridgehead atoms. The van der Waals surface area contributed by atoms with Gasteiger partial charge in [0.1, 0.15) is 0 Å². The van der Waals surface area contributed by atoms with Crippen LogP contribution in [0.2, 0.25) is 0 Å². The summed E-state index contributed by atoms with van der Waals surface area (Å²) in [5.74, 6) is 0. The zero-order valence-corrected chi connectivity index (χ0v) is 8.15. The van der Waals surface area contributed by atoms with Gasteiger partial charge in [0.25, 0.3) is 0 Å². The van der Waals surface area contributed by atoms with Crippen molar-refractivity contribution < 1.29 is 5.11 Å². The van der Waals surface area contributed by atoms with Gasteiger partial charge in [0, 0.05) is 10.1 Å². The largest absolute Gasteiger partial charge is 0.387 e. The lowest BCUT2D eigenvalue weighted by atomic mass is 10.1. The molecule has 1 aromatic rings. The Morgan fingerprint density at radius 2 is 1.91 bits per heavy atom. The van der Waals surface area contributed by atoms with Crippen LogP contribution in [-0.2, 0) is 0 Å². The summed E-state index contributed by atoms with van der Waals surface area (Å²) in [5, 5.41) is 9.29. The van der Waals surface area contributed by atoms with Crippen molar-refractivity contribution in [2.45, 2.75) is 6.10 Å². The van der Waals surface area contributed by atoms with Crippen molar-refractivity contribution in [1.29, 1.82) is 0 Å². The molecule has 1 aromatic carbocycles. The fourth-order valence-corrected chi connectivity index (χ4v) is 1.18. The smallest absolute Gasteiger partial charge is 0.0912 e. The summed E-state index contributed by atoms with van der Waals surface area (Å²) in [4.78, 5) is 0. The van der Waals surface area contributed by atoms with E-state index in [0.29, 0.717) is 0 Å². The number of hydrogen-bond acceptors (Lipinski definition) is 2. The van der Waals surface area contributed by atoms with Crippen molar-refractivity contribution in [3.05, 3.63) is 33.4 Å². The third-order valence-electron chi connectivity index (χ3n) is 1.48. The first-order valence-corrected chi connectivity index (χ1v) is 4.45. The topological polar surface area (TPSA) is 46.2 Å². The van der Waals surface area contributed by atoms with Crippen LogP contribution < -0.4 is 5.73 Å². The van der Waals surface area contributed by atoms with Gasteiger partial charge in [-0.2, -0.15) is 0 Å². The minimum absolute atomic E-state index is 0.278. The molecule has 0 aromatic heterocycles. The number of halogens is 1. The Kier molecular flexibility index (Phi) is 3.29. The van der Waals surface area contributed by atoms with Crippen molar-refractivity contribution in [3.63, 3.8) is 0 Å². The van der Waals surface area contributed by atoms with Crippen LogP contribution in [0.1, 0.15) is 11.7 Å². The first-order valence-electron chi connectivity index (χ1n) is 3.37. The van der Waals surface area contributed by atoms with E-state index in [2.05, 4.69) is 22.6 Å². The van der Waals surface area contributed by atoms with Crippen LogP contribution in [0.4, 0.5) is 0 Å². The highest BCUT2D eigenvalue weighted by Crippen LogP contribution is 2.13. The van der Waals surface area contributed by atoms with Crippen molar-refractivity contribution >= 4 is 22.6 Å². The fraction of sp³-hybridized carbons (Fsp3) is 0.250. The summed E-state index contributed by atoms with van der Waals surface area (Å²) in [6.07, 6.45) is -0.521. The average Bonchev–Trinajstić information content (AvgIpc) is 2.05. The summed E-state index contributed by atoms with van der Waals surface area (Å²) < 4.78 is 1.16. The Balaban J connectivity index is 2.81. The fourth-order valence-electron chi connectivity index (χ4n) is 0.821. The lowest BCUT2D eigenvalue weighted by Crippen LogP contribution is -2.11. The summed E-state index contributed by atoms with van der Waals surface area (Å²) in [5.41, 5.74) is 6.17. The molecule has 2 nitrogen and oxygen atoms in total. The number of aliphatic hydroxyl groups is 1. The number of nitrogens with two attached hydrogens (primary N) is 1. The molecule has 0 heterocycles. The molecule has 11 heavy (non-hydrogen) atoms. The van der Waals surface area contributed by atoms with Crippen LogP contribution in [-0.4, -0.2) is 11.7 Å². The van der Waals surface area contributed by atoms with E-state index >= 15 is 0 Å². The van der Waals surface area contributed by atoms with E-state index in [-0.39, 0.29) is 6.54 Å². The normalized spacial score (nSPS) is 13.0. The van der Waals surface area contributed by atoms with E-state index in [1.165, 1.54) is 0 Å². The lowest BCUT2D eigenvalue weighted by Gasteiger charge is -2.06. The van der Waals surface area contributed by atoms with Crippen LogP contribution in [0.3, 0.4) is 0 Å². The highest BCUT2D eigenvalue weighted by molar-refractivity contribution is 14.1. The molecule has 3 heteroatoms. The third kappa shape index (κ3) is 2.43. The molecular weight excluding hydrogens is 253 g/mol. The minimum atomic E-state index is -0.521. The zero-order valence-electron chi connectivity index (χ0n) is 6.00. The van der Waals surface area contributed by atoms with E-state index in [4.69, 9.17) is 5.73 Å². The highest BCUT2D eigenvalue weighted by atomic mass is 127. The number of benzene rings is 1. The predicted molar refractivity (Wildman–Crippen MR) is 53.2 cm³/mol. The van der Waals surface area contributed by atoms with Gasteiger partial charge >= 0.3 is 0 Å². The highest BCUT2D eigenvalue weighted by Gasteiger charge is 2.02. The van der Waals surface area contributed by atoms with Crippen LogP contribution in [0, 0.1) is 3.57 Å². The summed E-state index contributed by atoms with van der Waals surface area (Å²) in [7, 11) is 0. The molecule has 0 aliphatic carbocycles. The van der Waals surface area contributed by atoms with Crippen molar-refractivity contribution in [1.82, 2.24) is 0 Å². The Labute approximate surface area is 79.6 Å². The van der Waals surface area contributed by atoms with E-state index in [0.717, 1.165) is 9.13 Å². The SMILES string of the molecule is NC[C@H](O)c1ccc(I)cc1. The standard InChI is InChI=1S/C8H10INO/c9-7-3-1-6(2-4-7)8(11)5-10/h1-4,8,11H,5,10H2/t8-/m0/s1. The van der Waals surface area contributed by atoms with Gasteiger partial charge in [-0.1, -0.05) is 12.1 Å². The Morgan fingerprint density at radius 1 is 1.36 bits per heavy atom. The number of aliphatic hydroxyl groups excluding tert-OH is 1. The molecule has 3 N–H and O–H groups in total. The van der Waals surface area contributed by atoms with Crippen LogP contribution in [0.15, 0.2) is 24.3 Å². The van der Waals surface area contributed by atoms with E-state index < -0.39 is 6.10 Å².